The molecule has 0 bridgehead atoms. The Labute approximate surface area is 136 Å². The number of amides is 1. The zero-order valence-corrected chi connectivity index (χ0v) is 13.6. The molecule has 1 amide bonds. The minimum atomic E-state index is -0.0377. The van der Waals surface area contributed by atoms with Crippen molar-refractivity contribution in [2.75, 3.05) is 5.32 Å². The van der Waals surface area contributed by atoms with E-state index in [1.807, 2.05) is 6.07 Å². The zero-order chi connectivity index (χ0) is 16.4. The lowest BCUT2D eigenvalue weighted by atomic mass is 9.82. The molecule has 0 aliphatic heterocycles. The van der Waals surface area contributed by atoms with Crippen molar-refractivity contribution in [3.63, 3.8) is 0 Å². The fraction of sp³-hybridized carbons (Fsp3) is 0.300. The van der Waals surface area contributed by atoms with Gasteiger partial charge in [0.2, 0.25) is 5.91 Å². The molecule has 0 saturated carbocycles. The maximum atomic E-state index is 12.6. The fourth-order valence-corrected chi connectivity index (χ4v) is 3.23. The van der Waals surface area contributed by atoms with Crippen LogP contribution in [0.15, 0.2) is 36.4 Å². The third-order valence-corrected chi connectivity index (χ3v) is 4.76. The van der Waals surface area contributed by atoms with Crippen molar-refractivity contribution < 1.29 is 9.59 Å². The van der Waals surface area contributed by atoms with Crippen LogP contribution in [0.2, 0.25) is 0 Å². The molecule has 1 atom stereocenters. The molecule has 3 rings (SSSR count). The summed E-state index contributed by atoms with van der Waals surface area (Å²) in [6.45, 7) is 4.24. The molecule has 0 spiro atoms. The average Bonchev–Trinajstić information content (AvgIpc) is 2.56. The number of aryl methyl sites for hydroxylation is 3. The maximum absolute atomic E-state index is 12.6. The molecule has 3 heteroatoms. The van der Waals surface area contributed by atoms with Crippen LogP contribution < -0.4 is 5.32 Å². The van der Waals surface area contributed by atoms with Gasteiger partial charge in [-0.1, -0.05) is 24.3 Å². The monoisotopic (exact) mass is 307 g/mol. The van der Waals surface area contributed by atoms with E-state index in [1.54, 1.807) is 18.2 Å². The van der Waals surface area contributed by atoms with Crippen LogP contribution in [0.3, 0.4) is 0 Å². The highest BCUT2D eigenvalue weighted by Gasteiger charge is 2.25. The minimum Gasteiger partial charge on any atom is -0.325 e. The summed E-state index contributed by atoms with van der Waals surface area (Å²) in [6.07, 6.45) is 3.33. The third-order valence-electron chi connectivity index (χ3n) is 4.76. The highest BCUT2D eigenvalue weighted by molar-refractivity contribution is 5.97. The number of benzene rings is 2. The predicted octanol–water partition coefficient (Wildman–Crippen LogP) is 3.86. The van der Waals surface area contributed by atoms with Crippen molar-refractivity contribution in [1.82, 2.24) is 0 Å². The molecule has 1 unspecified atom stereocenters. The molecule has 23 heavy (non-hydrogen) atoms. The molecule has 0 saturated heterocycles. The third kappa shape index (κ3) is 3.19. The molecule has 118 valence electrons. The fourth-order valence-electron chi connectivity index (χ4n) is 3.23. The Morgan fingerprint density at radius 3 is 2.57 bits per heavy atom. The first-order valence-corrected chi connectivity index (χ1v) is 8.02. The summed E-state index contributed by atoms with van der Waals surface area (Å²) < 4.78 is 0. The van der Waals surface area contributed by atoms with Gasteiger partial charge >= 0.3 is 0 Å². The van der Waals surface area contributed by atoms with Crippen LogP contribution in [0.5, 0.6) is 0 Å². The van der Waals surface area contributed by atoms with Crippen LogP contribution in [0.25, 0.3) is 0 Å². The van der Waals surface area contributed by atoms with Crippen LogP contribution >= 0.6 is 0 Å². The van der Waals surface area contributed by atoms with Crippen molar-refractivity contribution in [3.8, 4) is 0 Å². The molecule has 2 aromatic rings. The summed E-state index contributed by atoms with van der Waals surface area (Å²) >= 11 is 0. The van der Waals surface area contributed by atoms with Crippen LogP contribution in [0.4, 0.5) is 5.69 Å². The first kappa shape index (κ1) is 15.5. The number of para-hydroxylation sites is 1. The first-order chi connectivity index (χ1) is 11.1. The van der Waals surface area contributed by atoms with Gasteiger partial charge in [0.1, 0.15) is 0 Å². The molecule has 3 nitrogen and oxygen atoms in total. The predicted molar refractivity (Wildman–Crippen MR) is 91.9 cm³/mol. The number of carbonyl (C=O) groups is 2. The van der Waals surface area contributed by atoms with E-state index in [9.17, 15) is 9.59 Å². The van der Waals surface area contributed by atoms with E-state index in [-0.39, 0.29) is 11.8 Å². The smallest absolute Gasteiger partial charge is 0.227 e. The van der Waals surface area contributed by atoms with Gasteiger partial charge in [-0.25, -0.2) is 0 Å². The molecule has 0 aromatic heterocycles. The number of carbonyl (C=O) groups excluding carboxylic acids is 2. The van der Waals surface area contributed by atoms with Crippen molar-refractivity contribution in [2.45, 2.75) is 33.1 Å². The van der Waals surface area contributed by atoms with Gasteiger partial charge in [-0.15, -0.1) is 0 Å². The lowest BCUT2D eigenvalue weighted by Crippen LogP contribution is -2.28. The second kappa shape index (κ2) is 6.37. The Bertz CT molecular complexity index is 764. The highest BCUT2D eigenvalue weighted by atomic mass is 16.2. The topological polar surface area (TPSA) is 46.2 Å². The van der Waals surface area contributed by atoms with E-state index >= 15 is 0 Å². The van der Waals surface area contributed by atoms with Crippen molar-refractivity contribution in [1.29, 1.82) is 0 Å². The van der Waals surface area contributed by atoms with Crippen molar-refractivity contribution in [2.24, 2.45) is 5.92 Å². The summed E-state index contributed by atoms with van der Waals surface area (Å²) in [5.41, 5.74) is 6.35. The van der Waals surface area contributed by atoms with Gasteiger partial charge in [-0.05, 0) is 67.5 Å². The van der Waals surface area contributed by atoms with E-state index in [0.29, 0.717) is 11.3 Å². The van der Waals surface area contributed by atoms with E-state index in [4.69, 9.17) is 0 Å². The van der Waals surface area contributed by atoms with Gasteiger partial charge in [-0.2, -0.15) is 0 Å². The van der Waals surface area contributed by atoms with Gasteiger partial charge in [-0.3, -0.25) is 9.59 Å². The summed E-state index contributed by atoms with van der Waals surface area (Å²) in [6, 6.07) is 11.6. The van der Waals surface area contributed by atoms with Gasteiger partial charge in [0, 0.05) is 11.5 Å². The minimum absolute atomic E-state index is 0.00294. The van der Waals surface area contributed by atoms with E-state index < -0.39 is 0 Å². The number of fused-ring (bicyclic) bond motifs is 1. The SMILES string of the molecule is Cc1cc2c(cc1C)CC(C(=O)Nc1ccccc1C=O)CC2. The molecule has 1 aliphatic rings. The van der Waals surface area contributed by atoms with Crippen LogP contribution in [-0.2, 0) is 17.6 Å². The quantitative estimate of drug-likeness (QED) is 0.875. The van der Waals surface area contributed by atoms with Crippen LogP contribution in [0, 0.1) is 19.8 Å². The molecule has 1 aliphatic carbocycles. The van der Waals surface area contributed by atoms with Crippen LogP contribution in [-0.4, -0.2) is 12.2 Å². The Kier molecular flexibility index (Phi) is 4.28. The Morgan fingerprint density at radius 1 is 1.13 bits per heavy atom. The number of anilines is 1. The standard InChI is InChI=1S/C20H21NO2/c1-13-9-15-7-8-16(11-18(15)10-14(13)2)20(23)21-19-6-4-3-5-17(19)12-22/h3-6,9-10,12,16H,7-8,11H2,1-2H3,(H,21,23). The summed E-state index contributed by atoms with van der Waals surface area (Å²) in [5, 5.41) is 2.92. The zero-order valence-electron chi connectivity index (χ0n) is 13.6. The molecular formula is C20H21NO2. The molecule has 1 N–H and O–H groups in total. The summed E-state index contributed by atoms with van der Waals surface area (Å²) in [4.78, 5) is 23.6. The summed E-state index contributed by atoms with van der Waals surface area (Å²) in [7, 11) is 0. The Morgan fingerprint density at radius 2 is 1.83 bits per heavy atom. The number of hydrogen-bond acceptors (Lipinski definition) is 2. The number of nitrogens with one attached hydrogen (secondary N) is 1. The van der Waals surface area contributed by atoms with Crippen molar-refractivity contribution >= 4 is 17.9 Å². The van der Waals surface area contributed by atoms with Crippen LogP contribution in [0.1, 0.15) is 39.0 Å². The average molecular weight is 307 g/mol. The van der Waals surface area contributed by atoms with Gasteiger partial charge in [0.25, 0.3) is 0 Å². The molecule has 0 fully saturated rings. The largest absolute Gasteiger partial charge is 0.325 e. The highest BCUT2D eigenvalue weighted by Crippen LogP contribution is 2.29. The number of aldehydes is 1. The number of rotatable bonds is 3. The second-order valence-electron chi connectivity index (χ2n) is 6.34. The maximum Gasteiger partial charge on any atom is 0.227 e. The molecular weight excluding hydrogens is 286 g/mol. The Hall–Kier alpha value is -2.42. The second-order valence-corrected chi connectivity index (χ2v) is 6.34. The first-order valence-electron chi connectivity index (χ1n) is 8.02. The van der Waals surface area contributed by atoms with E-state index in [1.165, 1.54) is 22.3 Å². The Balaban J connectivity index is 1.76. The van der Waals surface area contributed by atoms with Gasteiger partial charge < -0.3 is 5.32 Å². The van der Waals surface area contributed by atoms with Gasteiger partial charge in [0.05, 0.1) is 5.69 Å². The number of hydrogen-bond donors (Lipinski definition) is 1. The normalized spacial score (nSPS) is 16.5. The van der Waals surface area contributed by atoms with E-state index in [2.05, 4.69) is 31.3 Å². The molecule has 2 aromatic carbocycles. The lowest BCUT2D eigenvalue weighted by Gasteiger charge is -2.25. The van der Waals surface area contributed by atoms with Crippen molar-refractivity contribution in [3.05, 3.63) is 64.2 Å². The summed E-state index contributed by atoms with van der Waals surface area (Å²) in [5.74, 6) is -0.0347. The van der Waals surface area contributed by atoms with E-state index in [0.717, 1.165) is 25.5 Å². The van der Waals surface area contributed by atoms with Gasteiger partial charge in [0.15, 0.2) is 6.29 Å². The lowest BCUT2D eigenvalue weighted by molar-refractivity contribution is -0.120. The molecule has 0 radical (unpaired) electrons. The molecule has 0 heterocycles.